The van der Waals surface area contributed by atoms with Crippen molar-refractivity contribution in [1.29, 1.82) is 0 Å². The number of nitrogens with zero attached hydrogens (tertiary/aromatic N) is 5. The van der Waals surface area contributed by atoms with Crippen LogP contribution >= 0.6 is 0 Å². The SMILES string of the molecule is Oc1cc(-c2ccco2)c(N=Nc2ccccc2)cc1-n1cncn1. The Bertz CT molecular complexity index is 994. The molecule has 0 aliphatic carbocycles. The quantitative estimate of drug-likeness (QED) is 0.551. The van der Waals surface area contributed by atoms with E-state index < -0.39 is 0 Å². The zero-order valence-electron chi connectivity index (χ0n) is 13.0. The van der Waals surface area contributed by atoms with E-state index in [-0.39, 0.29) is 5.75 Å². The van der Waals surface area contributed by atoms with E-state index in [1.807, 2.05) is 30.3 Å². The molecule has 0 aliphatic heterocycles. The van der Waals surface area contributed by atoms with Crippen LogP contribution in [0.3, 0.4) is 0 Å². The van der Waals surface area contributed by atoms with Gasteiger partial charge in [-0.2, -0.15) is 10.2 Å². The van der Waals surface area contributed by atoms with E-state index in [4.69, 9.17) is 4.42 Å². The van der Waals surface area contributed by atoms with Crippen LogP contribution in [-0.4, -0.2) is 19.9 Å². The molecule has 7 heteroatoms. The van der Waals surface area contributed by atoms with Gasteiger partial charge in [-0.25, -0.2) is 9.67 Å². The highest BCUT2D eigenvalue weighted by Gasteiger charge is 2.14. The second-order valence-corrected chi connectivity index (χ2v) is 5.21. The van der Waals surface area contributed by atoms with Gasteiger partial charge in [0.15, 0.2) is 0 Å². The van der Waals surface area contributed by atoms with E-state index in [1.54, 1.807) is 30.5 Å². The number of rotatable bonds is 4. The molecule has 25 heavy (non-hydrogen) atoms. The predicted octanol–water partition coefficient (Wildman–Crippen LogP) is 4.65. The zero-order valence-corrected chi connectivity index (χ0v) is 13.0. The molecular formula is C18H13N5O2. The number of azo groups is 1. The predicted molar refractivity (Wildman–Crippen MR) is 91.3 cm³/mol. The first-order valence-corrected chi connectivity index (χ1v) is 7.54. The van der Waals surface area contributed by atoms with Gasteiger partial charge in [-0.15, -0.1) is 5.11 Å². The fraction of sp³-hybridized carbons (Fsp3) is 0. The summed E-state index contributed by atoms with van der Waals surface area (Å²) in [6, 6.07) is 16.2. The lowest BCUT2D eigenvalue weighted by atomic mass is 10.1. The highest BCUT2D eigenvalue weighted by molar-refractivity contribution is 5.77. The van der Waals surface area contributed by atoms with Crippen molar-refractivity contribution in [2.45, 2.75) is 0 Å². The molecule has 0 bridgehead atoms. The molecule has 0 aliphatic rings. The Hall–Kier alpha value is -3.74. The van der Waals surface area contributed by atoms with Crippen molar-refractivity contribution in [3.63, 3.8) is 0 Å². The number of phenolic OH excluding ortho intramolecular Hbond substituents is 1. The van der Waals surface area contributed by atoms with Crippen molar-refractivity contribution in [3.05, 3.63) is 73.5 Å². The van der Waals surface area contributed by atoms with Crippen molar-refractivity contribution in [1.82, 2.24) is 14.8 Å². The Labute approximate surface area is 142 Å². The summed E-state index contributed by atoms with van der Waals surface area (Å²) in [4.78, 5) is 3.90. The molecule has 4 rings (SSSR count). The minimum Gasteiger partial charge on any atom is -0.506 e. The number of hydrogen-bond donors (Lipinski definition) is 1. The van der Waals surface area contributed by atoms with Crippen molar-refractivity contribution >= 4 is 11.4 Å². The van der Waals surface area contributed by atoms with Gasteiger partial charge in [0.05, 0.1) is 17.6 Å². The number of phenols is 1. The maximum Gasteiger partial charge on any atom is 0.142 e. The molecule has 0 fully saturated rings. The third-order valence-electron chi connectivity index (χ3n) is 3.57. The summed E-state index contributed by atoms with van der Waals surface area (Å²) >= 11 is 0. The van der Waals surface area contributed by atoms with E-state index in [1.165, 1.54) is 17.3 Å². The van der Waals surface area contributed by atoms with E-state index in [2.05, 4.69) is 20.3 Å². The van der Waals surface area contributed by atoms with Crippen LogP contribution in [0.2, 0.25) is 0 Å². The molecule has 2 aromatic carbocycles. The van der Waals surface area contributed by atoms with E-state index in [9.17, 15) is 5.11 Å². The highest BCUT2D eigenvalue weighted by Crippen LogP contribution is 2.38. The molecule has 0 spiro atoms. The van der Waals surface area contributed by atoms with Crippen LogP contribution in [-0.2, 0) is 0 Å². The summed E-state index contributed by atoms with van der Waals surface area (Å²) in [5.41, 5.74) is 2.35. The highest BCUT2D eigenvalue weighted by atomic mass is 16.3. The molecule has 4 aromatic rings. The topological polar surface area (TPSA) is 88.8 Å². The lowest BCUT2D eigenvalue weighted by Gasteiger charge is -2.08. The number of aromatic nitrogens is 3. The Morgan fingerprint density at radius 3 is 2.60 bits per heavy atom. The first-order chi connectivity index (χ1) is 12.3. The molecular weight excluding hydrogens is 318 g/mol. The van der Waals surface area contributed by atoms with Crippen LogP contribution in [0.4, 0.5) is 11.4 Å². The van der Waals surface area contributed by atoms with Crippen LogP contribution in [0, 0.1) is 0 Å². The molecule has 0 unspecified atom stereocenters. The Balaban J connectivity index is 1.84. The summed E-state index contributed by atoms with van der Waals surface area (Å²) in [5.74, 6) is 0.623. The molecule has 122 valence electrons. The standard InChI is InChI=1S/C18H13N5O2/c24-17-9-14(18-7-4-8-25-18)15(10-16(17)23-12-19-11-20-23)22-21-13-5-2-1-3-6-13/h1-12,24H. The molecule has 7 nitrogen and oxygen atoms in total. The largest absolute Gasteiger partial charge is 0.506 e. The molecule has 0 atom stereocenters. The van der Waals surface area contributed by atoms with Crippen LogP contribution in [0.1, 0.15) is 0 Å². The summed E-state index contributed by atoms with van der Waals surface area (Å²) in [7, 11) is 0. The molecule has 2 heterocycles. The molecule has 1 N–H and O–H groups in total. The fourth-order valence-corrected chi connectivity index (χ4v) is 2.40. The molecule has 0 saturated heterocycles. The second-order valence-electron chi connectivity index (χ2n) is 5.21. The lowest BCUT2D eigenvalue weighted by Crippen LogP contribution is -1.95. The second kappa shape index (κ2) is 6.40. The van der Waals surface area contributed by atoms with Gasteiger partial charge in [0, 0.05) is 5.56 Å². The summed E-state index contributed by atoms with van der Waals surface area (Å²) in [5, 5.41) is 23.0. The van der Waals surface area contributed by atoms with E-state index >= 15 is 0 Å². The summed E-state index contributed by atoms with van der Waals surface area (Å²) in [6.45, 7) is 0. The third kappa shape index (κ3) is 3.02. The summed E-state index contributed by atoms with van der Waals surface area (Å²) in [6.07, 6.45) is 4.46. The van der Waals surface area contributed by atoms with E-state index in [0.717, 1.165) is 5.69 Å². The van der Waals surface area contributed by atoms with Gasteiger partial charge in [-0.3, -0.25) is 0 Å². The average molecular weight is 331 g/mol. The first-order valence-electron chi connectivity index (χ1n) is 7.54. The van der Waals surface area contributed by atoms with Gasteiger partial charge in [0.1, 0.15) is 29.9 Å². The van der Waals surface area contributed by atoms with Gasteiger partial charge in [0.25, 0.3) is 0 Å². The fourth-order valence-electron chi connectivity index (χ4n) is 2.40. The maximum absolute atomic E-state index is 10.4. The molecule has 0 saturated carbocycles. The van der Waals surface area contributed by atoms with Crippen LogP contribution in [0.15, 0.2) is 88.2 Å². The monoisotopic (exact) mass is 331 g/mol. The maximum atomic E-state index is 10.4. The van der Waals surface area contributed by atoms with Gasteiger partial charge in [-0.05, 0) is 36.4 Å². The van der Waals surface area contributed by atoms with Gasteiger partial charge < -0.3 is 9.52 Å². The Morgan fingerprint density at radius 2 is 1.88 bits per heavy atom. The van der Waals surface area contributed by atoms with Crippen LogP contribution in [0.5, 0.6) is 5.75 Å². The van der Waals surface area contributed by atoms with Gasteiger partial charge in [-0.1, -0.05) is 18.2 Å². The minimum atomic E-state index is 0.0376. The number of hydrogen-bond acceptors (Lipinski definition) is 6. The minimum absolute atomic E-state index is 0.0376. The van der Waals surface area contributed by atoms with Gasteiger partial charge >= 0.3 is 0 Å². The lowest BCUT2D eigenvalue weighted by molar-refractivity contribution is 0.470. The van der Waals surface area contributed by atoms with Gasteiger partial charge in [0.2, 0.25) is 0 Å². The Morgan fingerprint density at radius 1 is 1.00 bits per heavy atom. The number of furan rings is 1. The smallest absolute Gasteiger partial charge is 0.142 e. The zero-order chi connectivity index (χ0) is 17.1. The molecule has 0 amide bonds. The normalized spacial score (nSPS) is 11.2. The third-order valence-corrected chi connectivity index (χ3v) is 3.57. The van der Waals surface area contributed by atoms with Crippen LogP contribution < -0.4 is 0 Å². The van der Waals surface area contributed by atoms with E-state index in [0.29, 0.717) is 22.7 Å². The van der Waals surface area contributed by atoms with Crippen molar-refractivity contribution < 1.29 is 9.52 Å². The van der Waals surface area contributed by atoms with Crippen LogP contribution in [0.25, 0.3) is 17.0 Å². The molecule has 2 aromatic heterocycles. The van der Waals surface area contributed by atoms with Crippen molar-refractivity contribution in [2.75, 3.05) is 0 Å². The number of aromatic hydroxyl groups is 1. The van der Waals surface area contributed by atoms with Crippen molar-refractivity contribution in [3.8, 4) is 22.8 Å². The first kappa shape index (κ1) is 14.8. The van der Waals surface area contributed by atoms with Crippen molar-refractivity contribution in [2.24, 2.45) is 10.2 Å². The summed E-state index contributed by atoms with van der Waals surface area (Å²) < 4.78 is 6.91. The number of benzene rings is 2. The molecule has 0 radical (unpaired) electrons. The average Bonchev–Trinajstić information content (AvgIpc) is 3.35. The Kier molecular flexibility index (Phi) is 3.80.